The zero-order valence-electron chi connectivity index (χ0n) is 14.6. The molecule has 2 rings (SSSR count). The number of hydrogen-bond acceptors (Lipinski definition) is 4. The van der Waals surface area contributed by atoms with Gasteiger partial charge in [-0.15, -0.1) is 0 Å². The summed E-state index contributed by atoms with van der Waals surface area (Å²) in [5.74, 6) is -0.705. The Kier molecular flexibility index (Phi) is 6.34. The van der Waals surface area contributed by atoms with E-state index in [1.807, 2.05) is 12.1 Å². The third kappa shape index (κ3) is 5.62. The second-order valence-electron chi connectivity index (χ2n) is 6.95. The third-order valence-electron chi connectivity index (χ3n) is 3.86. The Morgan fingerprint density at radius 2 is 1.92 bits per heavy atom. The van der Waals surface area contributed by atoms with E-state index >= 15 is 0 Å². The fourth-order valence-electron chi connectivity index (χ4n) is 2.36. The van der Waals surface area contributed by atoms with Gasteiger partial charge in [0, 0.05) is 18.6 Å². The van der Waals surface area contributed by atoms with Crippen molar-refractivity contribution in [2.45, 2.75) is 51.7 Å². The number of hydrogen-bond donors (Lipinski definition) is 2. The van der Waals surface area contributed by atoms with Gasteiger partial charge in [-0.2, -0.15) is 0 Å². The van der Waals surface area contributed by atoms with Crippen LogP contribution in [0.4, 0.5) is 0 Å². The molecule has 1 aromatic carbocycles. The second-order valence-corrected chi connectivity index (χ2v) is 6.95. The standard InChI is InChI=1S/C18H26N2O4/c1-18(2,3)14-9-7-13(8-10-14)17(22)19-12-15(21)20-24-16-6-4-5-11-23-16/h7-10,16H,4-6,11-12H2,1-3H3,(H,19,22)(H,20,21). The molecule has 0 radical (unpaired) electrons. The molecule has 0 spiro atoms. The van der Waals surface area contributed by atoms with E-state index in [9.17, 15) is 9.59 Å². The largest absolute Gasteiger partial charge is 0.350 e. The van der Waals surface area contributed by atoms with E-state index in [2.05, 4.69) is 31.6 Å². The number of benzene rings is 1. The van der Waals surface area contributed by atoms with E-state index in [1.54, 1.807) is 12.1 Å². The summed E-state index contributed by atoms with van der Waals surface area (Å²) in [5, 5.41) is 2.57. The van der Waals surface area contributed by atoms with Crippen LogP contribution in [0.15, 0.2) is 24.3 Å². The van der Waals surface area contributed by atoms with Crippen LogP contribution in [-0.2, 0) is 19.8 Å². The van der Waals surface area contributed by atoms with Gasteiger partial charge >= 0.3 is 0 Å². The molecule has 24 heavy (non-hydrogen) atoms. The van der Waals surface area contributed by atoms with Gasteiger partial charge in [-0.05, 0) is 36.0 Å². The van der Waals surface area contributed by atoms with Crippen LogP contribution in [0.3, 0.4) is 0 Å². The van der Waals surface area contributed by atoms with Gasteiger partial charge in [-0.3, -0.25) is 9.59 Å². The molecule has 1 saturated heterocycles. The number of nitrogens with one attached hydrogen (secondary N) is 2. The van der Waals surface area contributed by atoms with Crippen molar-refractivity contribution in [3.8, 4) is 0 Å². The average Bonchev–Trinajstić information content (AvgIpc) is 2.58. The number of hydroxylamine groups is 1. The molecular formula is C18H26N2O4. The molecule has 1 aliphatic heterocycles. The Morgan fingerprint density at radius 3 is 2.50 bits per heavy atom. The molecule has 2 N–H and O–H groups in total. The molecule has 0 aromatic heterocycles. The first-order valence-corrected chi connectivity index (χ1v) is 8.31. The van der Waals surface area contributed by atoms with Gasteiger partial charge in [0.1, 0.15) is 0 Å². The summed E-state index contributed by atoms with van der Waals surface area (Å²) in [6.07, 6.45) is 2.38. The normalized spacial score (nSPS) is 18.0. The monoisotopic (exact) mass is 334 g/mol. The summed E-state index contributed by atoms with van der Waals surface area (Å²) in [6.45, 7) is 6.84. The molecule has 1 fully saturated rings. The molecule has 6 nitrogen and oxygen atoms in total. The number of carbonyl (C=O) groups excluding carboxylic acids is 2. The highest BCUT2D eigenvalue weighted by molar-refractivity contribution is 5.96. The van der Waals surface area contributed by atoms with Gasteiger partial charge in [-0.25, -0.2) is 10.3 Å². The summed E-state index contributed by atoms with van der Waals surface area (Å²) in [6, 6.07) is 7.39. The minimum atomic E-state index is -0.413. The minimum Gasteiger partial charge on any atom is -0.350 e. The molecule has 1 atom stereocenters. The Labute approximate surface area is 142 Å². The molecule has 1 aromatic rings. The lowest BCUT2D eigenvalue weighted by atomic mass is 9.87. The van der Waals surface area contributed by atoms with Crippen molar-refractivity contribution in [3.63, 3.8) is 0 Å². The Hall–Kier alpha value is -1.92. The zero-order chi connectivity index (χ0) is 17.6. The maximum atomic E-state index is 12.1. The van der Waals surface area contributed by atoms with Crippen LogP contribution in [0.5, 0.6) is 0 Å². The molecular weight excluding hydrogens is 308 g/mol. The summed E-state index contributed by atoms with van der Waals surface area (Å²) in [4.78, 5) is 28.9. The molecule has 6 heteroatoms. The highest BCUT2D eigenvalue weighted by atomic mass is 16.8. The highest BCUT2D eigenvalue weighted by Crippen LogP contribution is 2.22. The van der Waals surface area contributed by atoms with Gasteiger partial charge in [-0.1, -0.05) is 32.9 Å². The van der Waals surface area contributed by atoms with E-state index in [4.69, 9.17) is 9.57 Å². The highest BCUT2D eigenvalue weighted by Gasteiger charge is 2.17. The van der Waals surface area contributed by atoms with Crippen molar-refractivity contribution in [1.82, 2.24) is 10.8 Å². The van der Waals surface area contributed by atoms with Crippen molar-refractivity contribution in [2.75, 3.05) is 13.2 Å². The minimum absolute atomic E-state index is 0.0351. The molecule has 0 bridgehead atoms. The molecule has 1 unspecified atom stereocenters. The molecule has 1 aliphatic rings. The fourth-order valence-corrected chi connectivity index (χ4v) is 2.36. The van der Waals surface area contributed by atoms with E-state index in [0.717, 1.165) is 24.8 Å². The summed E-state index contributed by atoms with van der Waals surface area (Å²) >= 11 is 0. The van der Waals surface area contributed by atoms with Crippen molar-refractivity contribution < 1.29 is 19.2 Å². The van der Waals surface area contributed by atoms with Crippen molar-refractivity contribution in [1.29, 1.82) is 0 Å². The zero-order valence-corrected chi connectivity index (χ0v) is 14.6. The molecule has 1 heterocycles. The van der Waals surface area contributed by atoms with Crippen molar-refractivity contribution in [3.05, 3.63) is 35.4 Å². The Bertz CT molecular complexity index is 557. The van der Waals surface area contributed by atoms with E-state index < -0.39 is 12.2 Å². The van der Waals surface area contributed by atoms with Crippen LogP contribution in [0, 0.1) is 0 Å². The Morgan fingerprint density at radius 1 is 1.21 bits per heavy atom. The van der Waals surface area contributed by atoms with Crippen molar-refractivity contribution in [2.24, 2.45) is 0 Å². The maximum absolute atomic E-state index is 12.1. The number of carbonyl (C=O) groups is 2. The summed E-state index contributed by atoms with van der Waals surface area (Å²) in [7, 11) is 0. The van der Waals surface area contributed by atoms with Crippen LogP contribution in [0.25, 0.3) is 0 Å². The summed E-state index contributed by atoms with van der Waals surface area (Å²) in [5.41, 5.74) is 4.02. The van der Waals surface area contributed by atoms with Crippen LogP contribution >= 0.6 is 0 Å². The van der Waals surface area contributed by atoms with Gasteiger partial charge in [0.2, 0.25) is 0 Å². The van der Waals surface area contributed by atoms with Gasteiger partial charge in [0.15, 0.2) is 6.29 Å². The predicted octanol–water partition coefficient (Wildman–Crippen LogP) is 2.29. The maximum Gasteiger partial charge on any atom is 0.263 e. The predicted molar refractivity (Wildman–Crippen MR) is 90.3 cm³/mol. The number of amides is 2. The van der Waals surface area contributed by atoms with Crippen LogP contribution in [0.2, 0.25) is 0 Å². The van der Waals surface area contributed by atoms with E-state index in [0.29, 0.717) is 12.2 Å². The lowest BCUT2D eigenvalue weighted by Crippen LogP contribution is -2.39. The number of ether oxygens (including phenoxy) is 1. The van der Waals surface area contributed by atoms with Gasteiger partial charge in [0.05, 0.1) is 6.54 Å². The first-order valence-electron chi connectivity index (χ1n) is 8.31. The topological polar surface area (TPSA) is 76.7 Å². The molecule has 0 aliphatic carbocycles. The van der Waals surface area contributed by atoms with E-state index in [1.165, 1.54) is 0 Å². The Balaban J connectivity index is 1.74. The lowest BCUT2D eigenvalue weighted by Gasteiger charge is -2.22. The SMILES string of the molecule is CC(C)(C)c1ccc(C(=O)NCC(=O)NOC2CCCCO2)cc1. The average molecular weight is 334 g/mol. The second kappa shape index (κ2) is 8.26. The van der Waals surface area contributed by atoms with Crippen molar-refractivity contribution >= 4 is 11.8 Å². The van der Waals surface area contributed by atoms with Gasteiger partial charge in [0.25, 0.3) is 11.8 Å². The molecule has 0 saturated carbocycles. The smallest absolute Gasteiger partial charge is 0.263 e. The number of rotatable bonds is 5. The summed E-state index contributed by atoms with van der Waals surface area (Å²) < 4.78 is 5.34. The fraction of sp³-hybridized carbons (Fsp3) is 0.556. The first kappa shape index (κ1) is 18.4. The quantitative estimate of drug-likeness (QED) is 0.810. The van der Waals surface area contributed by atoms with Gasteiger partial charge < -0.3 is 10.1 Å². The van der Waals surface area contributed by atoms with Crippen LogP contribution in [0.1, 0.15) is 56.0 Å². The first-order chi connectivity index (χ1) is 11.4. The lowest BCUT2D eigenvalue weighted by molar-refractivity contribution is -0.200. The van der Waals surface area contributed by atoms with E-state index in [-0.39, 0.29) is 17.9 Å². The molecule has 2 amide bonds. The third-order valence-corrected chi connectivity index (χ3v) is 3.86. The van der Waals surface area contributed by atoms with Crippen LogP contribution in [-0.4, -0.2) is 31.3 Å². The van der Waals surface area contributed by atoms with Crippen LogP contribution < -0.4 is 10.8 Å². The molecule has 132 valence electrons.